The van der Waals surface area contributed by atoms with E-state index in [0.29, 0.717) is 13.0 Å². The maximum atomic E-state index is 13.5. The summed E-state index contributed by atoms with van der Waals surface area (Å²) in [6.07, 6.45) is 0.474. The summed E-state index contributed by atoms with van der Waals surface area (Å²) in [6, 6.07) is 14.4. The Labute approximate surface area is 206 Å². The topological polar surface area (TPSA) is 95.9 Å². The largest absolute Gasteiger partial charge is 0.480 e. The van der Waals surface area contributed by atoms with Crippen LogP contribution in [-0.2, 0) is 14.3 Å². The number of carbonyl (C=O) groups is 3. The molecule has 1 aliphatic heterocycles. The number of carbonyl (C=O) groups excluding carboxylic acids is 2. The van der Waals surface area contributed by atoms with Crippen LogP contribution in [-0.4, -0.2) is 53.2 Å². The first-order valence-corrected chi connectivity index (χ1v) is 12.2. The van der Waals surface area contributed by atoms with Crippen molar-refractivity contribution in [1.82, 2.24) is 10.2 Å². The van der Waals surface area contributed by atoms with E-state index in [4.69, 9.17) is 4.74 Å². The average Bonchev–Trinajstić information content (AvgIpc) is 3.13. The summed E-state index contributed by atoms with van der Waals surface area (Å²) in [5.74, 6) is -1.29. The summed E-state index contributed by atoms with van der Waals surface area (Å²) in [7, 11) is 0. The fraction of sp³-hybridized carbons (Fsp3) is 0.464. The molecular weight excluding hydrogens is 444 g/mol. The van der Waals surface area contributed by atoms with Gasteiger partial charge in [-0.1, -0.05) is 76.2 Å². The highest BCUT2D eigenvalue weighted by molar-refractivity contribution is 5.90. The molecule has 2 aromatic rings. The van der Waals surface area contributed by atoms with Crippen LogP contribution in [0, 0.1) is 11.3 Å². The minimum atomic E-state index is -1.01. The quantitative estimate of drug-likeness (QED) is 0.652. The van der Waals surface area contributed by atoms with E-state index in [0.717, 1.165) is 28.7 Å². The Morgan fingerprint density at radius 1 is 1.03 bits per heavy atom. The fourth-order valence-corrected chi connectivity index (χ4v) is 5.23. The summed E-state index contributed by atoms with van der Waals surface area (Å²) in [4.78, 5) is 39.7. The van der Waals surface area contributed by atoms with Crippen LogP contribution in [0.25, 0.3) is 11.1 Å². The molecule has 1 saturated heterocycles. The third-order valence-corrected chi connectivity index (χ3v) is 7.10. The highest BCUT2D eigenvalue weighted by Crippen LogP contribution is 2.44. The van der Waals surface area contributed by atoms with E-state index < -0.39 is 29.6 Å². The lowest BCUT2D eigenvalue weighted by Gasteiger charge is -2.41. The van der Waals surface area contributed by atoms with Gasteiger partial charge in [0.2, 0.25) is 5.91 Å². The van der Waals surface area contributed by atoms with Crippen LogP contribution in [0.2, 0.25) is 0 Å². The van der Waals surface area contributed by atoms with E-state index in [1.807, 2.05) is 64.1 Å². The zero-order chi connectivity index (χ0) is 25.3. The van der Waals surface area contributed by atoms with Crippen molar-refractivity contribution in [2.45, 2.75) is 58.5 Å². The van der Waals surface area contributed by atoms with Gasteiger partial charge in [0, 0.05) is 12.5 Å². The molecule has 1 fully saturated rings. The van der Waals surface area contributed by atoms with Gasteiger partial charge in [0.15, 0.2) is 0 Å². The molecule has 7 nitrogen and oxygen atoms in total. The van der Waals surface area contributed by atoms with Crippen molar-refractivity contribution in [1.29, 1.82) is 0 Å². The van der Waals surface area contributed by atoms with Gasteiger partial charge in [0.25, 0.3) is 0 Å². The van der Waals surface area contributed by atoms with Crippen LogP contribution in [0.15, 0.2) is 48.5 Å². The Morgan fingerprint density at radius 3 is 2.14 bits per heavy atom. The molecule has 7 heteroatoms. The van der Waals surface area contributed by atoms with Gasteiger partial charge in [-0.3, -0.25) is 4.79 Å². The second kappa shape index (κ2) is 9.72. The number of aliphatic carboxylic acids is 1. The minimum absolute atomic E-state index is 0.0868. The lowest BCUT2D eigenvalue weighted by atomic mass is 9.84. The molecule has 0 spiro atoms. The Hall–Kier alpha value is -3.35. The number of rotatable bonds is 5. The Morgan fingerprint density at radius 2 is 1.60 bits per heavy atom. The lowest BCUT2D eigenvalue weighted by molar-refractivity contribution is -0.155. The number of carboxylic acid groups (broad SMARTS) is 1. The molecule has 2 N–H and O–H groups in total. The van der Waals surface area contributed by atoms with Gasteiger partial charge in [0.05, 0.1) is 0 Å². The van der Waals surface area contributed by atoms with E-state index in [-0.39, 0.29) is 24.3 Å². The molecule has 2 aromatic carbocycles. The normalized spacial score (nSPS) is 20.5. The van der Waals surface area contributed by atoms with Crippen molar-refractivity contribution >= 4 is 18.0 Å². The molecular formula is C28H34N2O5. The smallest absolute Gasteiger partial charge is 0.407 e. The number of amides is 2. The number of ether oxygens (including phenoxy) is 1. The number of benzene rings is 2. The molecule has 1 aliphatic carbocycles. The van der Waals surface area contributed by atoms with E-state index >= 15 is 0 Å². The minimum Gasteiger partial charge on any atom is -0.480 e. The molecule has 1 heterocycles. The van der Waals surface area contributed by atoms with Gasteiger partial charge in [-0.25, -0.2) is 9.59 Å². The Balaban J connectivity index is 1.48. The number of fused-ring (bicyclic) bond motifs is 3. The van der Waals surface area contributed by atoms with Crippen LogP contribution in [0.1, 0.15) is 57.6 Å². The zero-order valence-corrected chi connectivity index (χ0v) is 20.8. The molecule has 4 rings (SSSR count). The number of piperidine rings is 1. The first-order valence-electron chi connectivity index (χ1n) is 12.2. The van der Waals surface area contributed by atoms with Gasteiger partial charge < -0.3 is 20.1 Å². The molecule has 2 unspecified atom stereocenters. The molecule has 186 valence electrons. The van der Waals surface area contributed by atoms with Crippen molar-refractivity contribution in [2.24, 2.45) is 11.3 Å². The summed E-state index contributed by atoms with van der Waals surface area (Å²) in [5, 5.41) is 12.4. The predicted molar refractivity (Wildman–Crippen MR) is 133 cm³/mol. The van der Waals surface area contributed by atoms with Crippen molar-refractivity contribution in [3.05, 3.63) is 59.7 Å². The summed E-state index contributed by atoms with van der Waals surface area (Å²) < 4.78 is 5.66. The number of carboxylic acids is 1. The van der Waals surface area contributed by atoms with Crippen LogP contribution < -0.4 is 5.32 Å². The maximum absolute atomic E-state index is 13.5. The van der Waals surface area contributed by atoms with Crippen LogP contribution in [0.5, 0.6) is 0 Å². The van der Waals surface area contributed by atoms with Crippen molar-refractivity contribution < 1.29 is 24.2 Å². The molecule has 35 heavy (non-hydrogen) atoms. The molecule has 2 aliphatic rings. The van der Waals surface area contributed by atoms with Gasteiger partial charge in [-0.15, -0.1) is 0 Å². The standard InChI is InChI=1S/C28H34N2O5/c1-17-13-14-23(26(32)33)30(15-17)25(31)24(28(2,3)4)29-27(34)35-16-22-20-11-7-5-9-18(20)19-10-6-8-12-21(19)22/h5-12,17,22-24H,13-16H2,1-4H3,(H,29,34)(H,32,33)/t17?,23?,24-/m0/s1. The van der Waals surface area contributed by atoms with Gasteiger partial charge >= 0.3 is 12.1 Å². The number of nitrogens with one attached hydrogen (secondary N) is 1. The molecule has 0 bridgehead atoms. The van der Waals surface area contributed by atoms with Crippen molar-refractivity contribution in [2.75, 3.05) is 13.2 Å². The van der Waals surface area contributed by atoms with Gasteiger partial charge in [0.1, 0.15) is 18.7 Å². The number of hydrogen-bond acceptors (Lipinski definition) is 4. The summed E-state index contributed by atoms with van der Waals surface area (Å²) in [5.41, 5.74) is 3.86. The van der Waals surface area contributed by atoms with E-state index in [9.17, 15) is 19.5 Å². The van der Waals surface area contributed by atoms with E-state index in [1.165, 1.54) is 4.90 Å². The number of alkyl carbamates (subject to hydrolysis) is 1. The van der Waals surface area contributed by atoms with Gasteiger partial charge in [-0.2, -0.15) is 0 Å². The lowest BCUT2D eigenvalue weighted by Crippen LogP contribution is -2.60. The highest BCUT2D eigenvalue weighted by Gasteiger charge is 2.42. The van der Waals surface area contributed by atoms with Crippen LogP contribution >= 0.6 is 0 Å². The van der Waals surface area contributed by atoms with E-state index in [1.54, 1.807) is 0 Å². The second-order valence-electron chi connectivity index (χ2n) is 10.8. The highest BCUT2D eigenvalue weighted by atomic mass is 16.5. The number of likely N-dealkylation sites (tertiary alicyclic amines) is 1. The molecule has 3 atom stereocenters. The Kier molecular flexibility index (Phi) is 6.88. The average molecular weight is 479 g/mol. The predicted octanol–water partition coefficient (Wildman–Crippen LogP) is 4.65. The first kappa shape index (κ1) is 24.8. The maximum Gasteiger partial charge on any atom is 0.407 e. The molecule has 2 amide bonds. The third kappa shape index (κ3) is 5.04. The molecule has 0 radical (unpaired) electrons. The summed E-state index contributed by atoms with van der Waals surface area (Å²) >= 11 is 0. The SMILES string of the molecule is CC1CCC(C(=O)O)N(C(=O)[C@H](NC(=O)OCC2c3ccccc3-c3ccccc32)C(C)(C)C)C1. The van der Waals surface area contributed by atoms with Crippen LogP contribution in [0.4, 0.5) is 4.79 Å². The number of hydrogen-bond donors (Lipinski definition) is 2. The molecule has 0 aromatic heterocycles. The monoisotopic (exact) mass is 478 g/mol. The molecule has 0 saturated carbocycles. The third-order valence-electron chi connectivity index (χ3n) is 7.10. The van der Waals surface area contributed by atoms with E-state index in [2.05, 4.69) is 17.4 Å². The zero-order valence-electron chi connectivity index (χ0n) is 20.8. The second-order valence-corrected chi connectivity index (χ2v) is 10.8. The first-order chi connectivity index (χ1) is 16.6. The van der Waals surface area contributed by atoms with Crippen molar-refractivity contribution in [3.63, 3.8) is 0 Å². The number of nitrogens with zero attached hydrogens (tertiary/aromatic N) is 1. The Bertz CT molecular complexity index is 1080. The summed E-state index contributed by atoms with van der Waals surface area (Å²) in [6.45, 7) is 8.05. The van der Waals surface area contributed by atoms with Crippen molar-refractivity contribution in [3.8, 4) is 11.1 Å². The van der Waals surface area contributed by atoms with Crippen LogP contribution in [0.3, 0.4) is 0 Å². The fourth-order valence-electron chi connectivity index (χ4n) is 5.23. The van der Waals surface area contributed by atoms with Gasteiger partial charge in [-0.05, 0) is 46.4 Å².